The summed E-state index contributed by atoms with van der Waals surface area (Å²) in [5.41, 5.74) is 4.71. The number of pyridine rings is 1. The van der Waals surface area contributed by atoms with Crippen molar-refractivity contribution in [2.45, 2.75) is 31.8 Å². The highest BCUT2D eigenvalue weighted by Crippen LogP contribution is 2.27. The summed E-state index contributed by atoms with van der Waals surface area (Å²) in [4.78, 5) is 12.5. The molecule has 0 spiro atoms. The molecule has 2 heterocycles. The van der Waals surface area contributed by atoms with E-state index in [1.807, 2.05) is 30.5 Å². The van der Waals surface area contributed by atoms with Crippen LogP contribution in [0.3, 0.4) is 0 Å². The second kappa shape index (κ2) is 6.58. The molecule has 0 saturated carbocycles. The molecule has 4 nitrogen and oxygen atoms in total. The van der Waals surface area contributed by atoms with E-state index in [2.05, 4.69) is 32.4 Å². The lowest BCUT2D eigenvalue weighted by Crippen LogP contribution is -2.26. The second-order valence-corrected chi connectivity index (χ2v) is 5.57. The number of fused-ring (bicyclic) bond motifs is 2. The minimum Gasteiger partial charge on any atom is -0.341 e. The van der Waals surface area contributed by atoms with Crippen LogP contribution in [0.5, 0.6) is 0 Å². The zero-order valence-electron chi connectivity index (χ0n) is 12.2. The first-order valence-electron chi connectivity index (χ1n) is 7.51. The van der Waals surface area contributed by atoms with Gasteiger partial charge in [0.1, 0.15) is 5.82 Å². The standard InChI is InChI=1S/C17H18N4.BrH/c1-2-8-14-13(7-1)20-16(21-14)11-19-15-9-3-5-12-6-4-10-18-17(12)15;/h1-2,4,6-8,10,15,19H,3,5,9,11H2,(H,20,21);1H. The van der Waals surface area contributed by atoms with E-state index in [0.717, 1.165) is 36.2 Å². The summed E-state index contributed by atoms with van der Waals surface area (Å²) in [5, 5.41) is 3.60. The fourth-order valence-electron chi connectivity index (χ4n) is 3.12. The number of hydrogen-bond donors (Lipinski definition) is 2. The van der Waals surface area contributed by atoms with Crippen LogP contribution in [0.1, 0.15) is 36.0 Å². The van der Waals surface area contributed by atoms with Crippen LogP contribution in [0.15, 0.2) is 42.6 Å². The lowest BCUT2D eigenvalue weighted by molar-refractivity contribution is 0.443. The number of hydrogen-bond acceptors (Lipinski definition) is 3. The molecule has 0 bridgehead atoms. The third-order valence-corrected chi connectivity index (χ3v) is 4.15. The molecule has 0 amide bonds. The van der Waals surface area contributed by atoms with E-state index in [1.54, 1.807) is 0 Å². The predicted molar refractivity (Wildman–Crippen MR) is 93.2 cm³/mol. The minimum absolute atomic E-state index is 0. The van der Waals surface area contributed by atoms with Crippen molar-refractivity contribution in [3.63, 3.8) is 0 Å². The highest BCUT2D eigenvalue weighted by Gasteiger charge is 2.20. The quantitative estimate of drug-likeness (QED) is 0.750. The van der Waals surface area contributed by atoms with Crippen molar-refractivity contribution < 1.29 is 0 Å². The SMILES string of the molecule is Br.c1cnc2c(c1)CCCC2NCc1nc2ccccc2[nH]1. The molecule has 5 heteroatoms. The van der Waals surface area contributed by atoms with Crippen LogP contribution in [-0.2, 0) is 13.0 Å². The van der Waals surface area contributed by atoms with Crippen molar-refractivity contribution >= 4 is 28.0 Å². The van der Waals surface area contributed by atoms with E-state index >= 15 is 0 Å². The first-order chi connectivity index (χ1) is 10.4. The summed E-state index contributed by atoms with van der Waals surface area (Å²) in [7, 11) is 0. The molecule has 4 rings (SSSR count). The zero-order chi connectivity index (χ0) is 14.1. The summed E-state index contributed by atoms with van der Waals surface area (Å²) < 4.78 is 0. The Labute approximate surface area is 140 Å². The average molecular weight is 359 g/mol. The maximum Gasteiger partial charge on any atom is 0.121 e. The molecule has 2 aromatic heterocycles. The Morgan fingerprint density at radius 2 is 2.09 bits per heavy atom. The Balaban J connectivity index is 0.00000144. The maximum absolute atomic E-state index is 4.61. The molecule has 114 valence electrons. The summed E-state index contributed by atoms with van der Waals surface area (Å²) >= 11 is 0. The highest BCUT2D eigenvalue weighted by molar-refractivity contribution is 8.93. The van der Waals surface area contributed by atoms with Gasteiger partial charge in [0.25, 0.3) is 0 Å². The summed E-state index contributed by atoms with van der Waals surface area (Å²) in [5.74, 6) is 0.985. The van der Waals surface area contributed by atoms with Crippen LogP contribution in [-0.4, -0.2) is 15.0 Å². The number of benzene rings is 1. The molecule has 0 radical (unpaired) electrons. The molecular formula is C17H19BrN4. The van der Waals surface area contributed by atoms with Gasteiger partial charge in [-0.15, -0.1) is 17.0 Å². The molecule has 2 N–H and O–H groups in total. The first kappa shape index (κ1) is 15.2. The van der Waals surface area contributed by atoms with E-state index in [1.165, 1.54) is 17.7 Å². The summed E-state index contributed by atoms with van der Waals surface area (Å²) in [6, 6.07) is 12.7. The fraction of sp³-hybridized carbons (Fsp3) is 0.294. The van der Waals surface area contributed by atoms with E-state index < -0.39 is 0 Å². The Morgan fingerprint density at radius 1 is 1.18 bits per heavy atom. The van der Waals surface area contributed by atoms with E-state index in [9.17, 15) is 0 Å². The molecule has 1 aliphatic carbocycles. The number of aryl methyl sites for hydroxylation is 1. The number of para-hydroxylation sites is 2. The molecule has 1 atom stereocenters. The number of rotatable bonds is 3. The number of halogens is 1. The number of aromatic amines is 1. The molecule has 3 aromatic rings. The molecular weight excluding hydrogens is 340 g/mol. The van der Waals surface area contributed by atoms with Gasteiger partial charge in [0.05, 0.1) is 29.3 Å². The molecule has 1 unspecified atom stereocenters. The van der Waals surface area contributed by atoms with Crippen molar-refractivity contribution in [1.82, 2.24) is 20.3 Å². The Hall–Kier alpha value is -1.72. The third-order valence-electron chi connectivity index (χ3n) is 4.15. The van der Waals surface area contributed by atoms with Gasteiger partial charge in [0, 0.05) is 6.20 Å². The zero-order valence-corrected chi connectivity index (χ0v) is 14.0. The van der Waals surface area contributed by atoms with Gasteiger partial charge in [-0.3, -0.25) is 4.98 Å². The maximum atomic E-state index is 4.61. The van der Waals surface area contributed by atoms with Crippen molar-refractivity contribution in [2.75, 3.05) is 0 Å². The normalized spacial score (nSPS) is 17.0. The van der Waals surface area contributed by atoms with Gasteiger partial charge in [0.2, 0.25) is 0 Å². The molecule has 0 fully saturated rings. The molecule has 1 aromatic carbocycles. The predicted octanol–water partition coefficient (Wildman–Crippen LogP) is 3.70. The van der Waals surface area contributed by atoms with Crippen LogP contribution in [0, 0.1) is 0 Å². The van der Waals surface area contributed by atoms with Gasteiger partial charge < -0.3 is 10.3 Å². The van der Waals surface area contributed by atoms with Gasteiger partial charge in [-0.05, 0) is 43.0 Å². The van der Waals surface area contributed by atoms with Crippen molar-refractivity contribution in [2.24, 2.45) is 0 Å². The molecule has 1 aliphatic rings. The monoisotopic (exact) mass is 358 g/mol. The first-order valence-corrected chi connectivity index (χ1v) is 7.51. The van der Waals surface area contributed by atoms with Crippen molar-refractivity contribution in [3.05, 3.63) is 59.7 Å². The Bertz CT molecular complexity index is 735. The van der Waals surface area contributed by atoms with Crippen LogP contribution >= 0.6 is 17.0 Å². The van der Waals surface area contributed by atoms with Gasteiger partial charge in [-0.1, -0.05) is 18.2 Å². The second-order valence-electron chi connectivity index (χ2n) is 5.57. The van der Waals surface area contributed by atoms with E-state index in [-0.39, 0.29) is 17.0 Å². The fourth-order valence-corrected chi connectivity index (χ4v) is 3.12. The van der Waals surface area contributed by atoms with E-state index in [4.69, 9.17) is 0 Å². The van der Waals surface area contributed by atoms with Crippen LogP contribution < -0.4 is 5.32 Å². The number of aromatic nitrogens is 3. The molecule has 0 aliphatic heterocycles. The summed E-state index contributed by atoms with van der Waals surface area (Å²) in [6.07, 6.45) is 5.40. The molecule has 0 saturated heterocycles. The lowest BCUT2D eigenvalue weighted by atomic mass is 9.92. The topological polar surface area (TPSA) is 53.6 Å². The van der Waals surface area contributed by atoms with Gasteiger partial charge in [-0.2, -0.15) is 0 Å². The Morgan fingerprint density at radius 3 is 3.00 bits per heavy atom. The number of imidazole rings is 1. The van der Waals surface area contributed by atoms with Crippen LogP contribution in [0.2, 0.25) is 0 Å². The highest BCUT2D eigenvalue weighted by atomic mass is 79.9. The van der Waals surface area contributed by atoms with Gasteiger partial charge in [-0.25, -0.2) is 4.98 Å². The van der Waals surface area contributed by atoms with Gasteiger partial charge in [0.15, 0.2) is 0 Å². The Kier molecular flexibility index (Phi) is 4.55. The third kappa shape index (κ3) is 2.91. The van der Waals surface area contributed by atoms with Crippen LogP contribution in [0.25, 0.3) is 11.0 Å². The average Bonchev–Trinajstić information content (AvgIpc) is 2.96. The van der Waals surface area contributed by atoms with Crippen LogP contribution in [0.4, 0.5) is 0 Å². The van der Waals surface area contributed by atoms with Crippen molar-refractivity contribution in [3.8, 4) is 0 Å². The molecule has 22 heavy (non-hydrogen) atoms. The lowest BCUT2D eigenvalue weighted by Gasteiger charge is -2.24. The number of nitrogens with zero attached hydrogens (tertiary/aromatic N) is 2. The van der Waals surface area contributed by atoms with Gasteiger partial charge >= 0.3 is 0 Å². The number of H-pyrrole nitrogens is 1. The smallest absolute Gasteiger partial charge is 0.121 e. The van der Waals surface area contributed by atoms with Crippen molar-refractivity contribution in [1.29, 1.82) is 0 Å². The minimum atomic E-state index is 0. The van der Waals surface area contributed by atoms with E-state index in [0.29, 0.717) is 6.04 Å². The number of nitrogens with one attached hydrogen (secondary N) is 2. The largest absolute Gasteiger partial charge is 0.341 e. The summed E-state index contributed by atoms with van der Waals surface area (Å²) in [6.45, 7) is 0.745.